The molecule has 0 aliphatic carbocycles. The van der Waals surface area contributed by atoms with Crippen LogP contribution in [0.5, 0.6) is 5.75 Å². The van der Waals surface area contributed by atoms with Crippen LogP contribution in [-0.4, -0.2) is 72.8 Å². The molecule has 0 unspecified atom stereocenters. The van der Waals surface area contributed by atoms with Crippen LogP contribution >= 0.6 is 0 Å². The van der Waals surface area contributed by atoms with Crippen molar-refractivity contribution in [1.82, 2.24) is 14.9 Å². The summed E-state index contributed by atoms with van der Waals surface area (Å²) in [4.78, 5) is 25.6. The van der Waals surface area contributed by atoms with E-state index in [9.17, 15) is 18.0 Å². The molecule has 12 heteroatoms. The molecule has 1 amide bonds. The van der Waals surface area contributed by atoms with Gasteiger partial charge in [0.1, 0.15) is 5.75 Å². The first-order valence-corrected chi connectivity index (χ1v) is 15.0. The van der Waals surface area contributed by atoms with Crippen LogP contribution in [0.2, 0.25) is 0 Å². The molecule has 234 valence electrons. The van der Waals surface area contributed by atoms with E-state index in [1.54, 1.807) is 6.07 Å². The van der Waals surface area contributed by atoms with E-state index in [1.807, 2.05) is 51.1 Å². The van der Waals surface area contributed by atoms with Gasteiger partial charge in [0.05, 0.1) is 48.2 Å². The number of anilines is 4. The summed E-state index contributed by atoms with van der Waals surface area (Å²) in [7, 11) is 0. The van der Waals surface area contributed by atoms with Gasteiger partial charge in [-0.25, -0.2) is 9.97 Å². The van der Waals surface area contributed by atoms with Gasteiger partial charge in [-0.3, -0.25) is 9.69 Å². The summed E-state index contributed by atoms with van der Waals surface area (Å²) < 4.78 is 53.3. The molecule has 2 saturated heterocycles. The lowest BCUT2D eigenvalue weighted by Crippen LogP contribution is -2.56. The Labute approximate surface area is 254 Å². The molecule has 0 saturated carbocycles. The van der Waals surface area contributed by atoms with E-state index in [0.717, 1.165) is 62.4 Å². The molecule has 0 atom stereocenters. The lowest BCUT2D eigenvalue weighted by molar-refractivity contribution is -0.138. The van der Waals surface area contributed by atoms with Crippen LogP contribution in [0.25, 0.3) is 0 Å². The number of nitrogens with one attached hydrogen (secondary N) is 2. The summed E-state index contributed by atoms with van der Waals surface area (Å²) >= 11 is 0. The van der Waals surface area contributed by atoms with Gasteiger partial charge in [-0.1, -0.05) is 12.1 Å². The van der Waals surface area contributed by atoms with E-state index in [-0.39, 0.29) is 30.4 Å². The Morgan fingerprint density at radius 2 is 1.89 bits per heavy atom. The third-order valence-corrected chi connectivity index (χ3v) is 8.72. The smallest absolute Gasteiger partial charge is 0.419 e. The van der Waals surface area contributed by atoms with Crippen LogP contribution < -0.4 is 20.3 Å². The monoisotopic (exact) mass is 610 g/mol. The second-order valence-electron chi connectivity index (χ2n) is 11.9. The van der Waals surface area contributed by atoms with E-state index in [0.29, 0.717) is 29.8 Å². The second-order valence-corrected chi connectivity index (χ2v) is 11.9. The van der Waals surface area contributed by atoms with Gasteiger partial charge in [0, 0.05) is 49.8 Å². The summed E-state index contributed by atoms with van der Waals surface area (Å²) in [6.45, 7) is 11.2. The molecule has 0 bridgehead atoms. The molecule has 4 heterocycles. The van der Waals surface area contributed by atoms with Crippen molar-refractivity contribution in [2.24, 2.45) is 0 Å². The quantitative estimate of drug-likeness (QED) is 0.343. The SMILES string of the molecule is CCOc1cc(N2CCN(C3COC3)CC2)ccc1Nc1ncc(C(F)(F)F)c(CCc2cccc3c2C(C)(C)C(=O)N3)n1. The lowest BCUT2D eigenvalue weighted by atomic mass is 9.82. The number of rotatable bonds is 9. The largest absolute Gasteiger partial charge is 0.492 e. The predicted molar refractivity (Wildman–Crippen MR) is 162 cm³/mol. The second kappa shape index (κ2) is 11.9. The first-order chi connectivity index (χ1) is 21.0. The molecule has 3 aromatic rings. The number of fused-ring (bicyclic) bond motifs is 1. The first-order valence-electron chi connectivity index (χ1n) is 15.0. The van der Waals surface area contributed by atoms with Gasteiger partial charge in [-0.2, -0.15) is 13.2 Å². The van der Waals surface area contributed by atoms with E-state index >= 15 is 0 Å². The van der Waals surface area contributed by atoms with Crippen molar-refractivity contribution in [3.05, 3.63) is 65.0 Å². The molecule has 3 aliphatic rings. The van der Waals surface area contributed by atoms with Crippen molar-refractivity contribution >= 4 is 28.9 Å². The van der Waals surface area contributed by atoms with Crippen molar-refractivity contribution in [3.8, 4) is 5.75 Å². The van der Waals surface area contributed by atoms with Crippen LogP contribution in [0.3, 0.4) is 0 Å². The molecule has 1 aromatic heterocycles. The Morgan fingerprint density at radius 3 is 2.57 bits per heavy atom. The zero-order valence-corrected chi connectivity index (χ0v) is 25.1. The minimum absolute atomic E-state index is 0.0168. The highest BCUT2D eigenvalue weighted by atomic mass is 19.4. The van der Waals surface area contributed by atoms with Crippen LogP contribution in [0.1, 0.15) is 43.2 Å². The Balaban J connectivity index is 1.22. The van der Waals surface area contributed by atoms with Crippen molar-refractivity contribution in [3.63, 3.8) is 0 Å². The standard InChI is InChI=1S/C32H37F3N6O3/c1-4-44-27-16-21(40-12-14-41(15-13-40)22-18-43-19-22)9-11-25(27)39-30-36-17-23(32(33,34)35)24(38-30)10-8-20-6-5-7-26-28(20)31(2,3)29(42)37-26/h5-7,9,11,16-17,22H,4,8,10,12-15,18-19H2,1-3H3,(H,37,42)(H,36,38,39). The number of piperazine rings is 1. The number of hydrogen-bond donors (Lipinski definition) is 2. The van der Waals surface area contributed by atoms with Gasteiger partial charge >= 0.3 is 6.18 Å². The van der Waals surface area contributed by atoms with E-state index in [2.05, 4.69) is 30.4 Å². The van der Waals surface area contributed by atoms with Crippen LogP contribution in [0, 0.1) is 0 Å². The zero-order valence-electron chi connectivity index (χ0n) is 25.1. The summed E-state index contributed by atoms with van der Waals surface area (Å²) in [5, 5.41) is 5.97. The number of amides is 1. The highest BCUT2D eigenvalue weighted by Crippen LogP contribution is 2.41. The third-order valence-electron chi connectivity index (χ3n) is 8.72. The maximum Gasteiger partial charge on any atom is 0.419 e. The Bertz CT molecular complexity index is 1530. The number of hydrogen-bond acceptors (Lipinski definition) is 8. The summed E-state index contributed by atoms with van der Waals surface area (Å²) in [6, 6.07) is 11.8. The fourth-order valence-corrected chi connectivity index (χ4v) is 6.19. The van der Waals surface area contributed by atoms with Crippen LogP contribution in [-0.2, 0) is 34.0 Å². The molecule has 2 aromatic carbocycles. The van der Waals surface area contributed by atoms with Gasteiger partial charge in [0.25, 0.3) is 0 Å². The van der Waals surface area contributed by atoms with Gasteiger partial charge in [0.2, 0.25) is 11.9 Å². The normalized spacial score (nSPS) is 18.5. The highest BCUT2D eigenvalue weighted by Gasteiger charge is 2.40. The Kier molecular flexibility index (Phi) is 8.14. The number of alkyl halides is 3. The number of aromatic nitrogens is 2. The number of halogens is 3. The van der Waals surface area contributed by atoms with Gasteiger partial charge in [0.15, 0.2) is 0 Å². The number of benzene rings is 2. The lowest BCUT2D eigenvalue weighted by Gasteiger charge is -2.43. The molecule has 2 N–H and O–H groups in total. The van der Waals surface area contributed by atoms with E-state index in [4.69, 9.17) is 9.47 Å². The number of nitrogens with zero attached hydrogens (tertiary/aromatic N) is 4. The maximum absolute atomic E-state index is 14.0. The third kappa shape index (κ3) is 5.92. The number of carbonyl (C=O) groups is 1. The summed E-state index contributed by atoms with van der Waals surface area (Å²) in [5.41, 5.74) is 2.12. The predicted octanol–water partition coefficient (Wildman–Crippen LogP) is 5.17. The summed E-state index contributed by atoms with van der Waals surface area (Å²) in [5.74, 6) is 0.490. The topological polar surface area (TPSA) is 91.9 Å². The fourth-order valence-electron chi connectivity index (χ4n) is 6.19. The van der Waals surface area contributed by atoms with Crippen molar-refractivity contribution in [2.45, 2.75) is 51.2 Å². The number of aryl methyl sites for hydroxylation is 2. The van der Waals surface area contributed by atoms with Crippen molar-refractivity contribution < 1.29 is 27.4 Å². The zero-order chi connectivity index (χ0) is 31.1. The Hall–Kier alpha value is -3.90. The maximum atomic E-state index is 14.0. The fraction of sp³-hybridized carbons (Fsp3) is 0.469. The van der Waals surface area contributed by atoms with Gasteiger partial charge in [-0.15, -0.1) is 0 Å². The molecular weight excluding hydrogens is 573 g/mol. The Morgan fingerprint density at radius 1 is 1.11 bits per heavy atom. The minimum atomic E-state index is -4.61. The average molecular weight is 611 g/mol. The van der Waals surface area contributed by atoms with Crippen LogP contribution in [0.4, 0.5) is 36.2 Å². The average Bonchev–Trinajstić information content (AvgIpc) is 3.20. The highest BCUT2D eigenvalue weighted by molar-refractivity contribution is 6.06. The first kappa shape index (κ1) is 30.1. The molecule has 0 radical (unpaired) electrons. The molecule has 0 spiro atoms. The minimum Gasteiger partial charge on any atom is -0.492 e. The molecule has 3 aliphatic heterocycles. The van der Waals surface area contributed by atoms with Gasteiger partial charge in [-0.05, 0) is 62.9 Å². The van der Waals surface area contributed by atoms with E-state index < -0.39 is 17.2 Å². The summed E-state index contributed by atoms with van der Waals surface area (Å²) in [6.07, 6.45) is -3.49. The number of carbonyl (C=O) groups excluding carboxylic acids is 1. The van der Waals surface area contributed by atoms with Crippen molar-refractivity contribution in [2.75, 3.05) is 61.5 Å². The van der Waals surface area contributed by atoms with E-state index in [1.165, 1.54) is 0 Å². The number of ether oxygens (including phenoxy) is 2. The molecule has 9 nitrogen and oxygen atoms in total. The van der Waals surface area contributed by atoms with Crippen LogP contribution in [0.15, 0.2) is 42.6 Å². The molecular formula is C32H37F3N6O3. The van der Waals surface area contributed by atoms with Crippen molar-refractivity contribution in [1.29, 1.82) is 0 Å². The van der Waals surface area contributed by atoms with Gasteiger partial charge < -0.3 is 25.0 Å². The molecule has 2 fully saturated rings. The molecule has 6 rings (SSSR count). The molecule has 44 heavy (non-hydrogen) atoms.